The van der Waals surface area contributed by atoms with Crippen LogP contribution in [0.1, 0.15) is 70.2 Å². The van der Waals surface area contributed by atoms with Crippen LogP contribution in [-0.2, 0) is 4.79 Å². The Balaban J connectivity index is 1.69. The second kappa shape index (κ2) is 11.8. The molecule has 0 N–H and O–H groups in total. The molecule has 0 bridgehead atoms. The standard InChI is InChI=1S/C32H37ClFN7O/c1-8-27(42)41-20(6)15-39(16-21(41)7)31-23-13-25(33)29(22-11-9-10-12-26(22)34)37-32(23)40(17-35-31)30-24(18(2)3)14-36-38-28(30)19(4)5/h8-14,18-21H,1,15-17H2,2-7H3/t20-,21+. The molecule has 0 radical (unpaired) electrons. The molecule has 4 heterocycles. The molecule has 2 aromatic heterocycles. The number of carbonyl (C=O) groups excluding carboxylic acids is 1. The van der Waals surface area contributed by atoms with E-state index in [1.165, 1.54) is 12.1 Å². The van der Waals surface area contributed by atoms with Gasteiger partial charge in [0.05, 0.1) is 33.9 Å². The SMILES string of the molecule is C=CC(=O)N1[C@H](C)CN(C2=NCN(c3c(C(C)C)cnnc3C(C)C)c3nc(-c4ccccc4F)c(Cl)cc32)C[C@@H]1C. The number of fused-ring (bicyclic) bond motifs is 1. The normalized spacial score (nSPS) is 18.8. The van der Waals surface area contributed by atoms with E-state index in [-0.39, 0.29) is 36.5 Å². The summed E-state index contributed by atoms with van der Waals surface area (Å²) >= 11 is 6.86. The van der Waals surface area contributed by atoms with Crippen molar-refractivity contribution in [2.24, 2.45) is 4.99 Å². The Morgan fingerprint density at radius 3 is 2.40 bits per heavy atom. The van der Waals surface area contributed by atoms with E-state index in [4.69, 9.17) is 21.6 Å². The smallest absolute Gasteiger partial charge is 0.246 e. The first-order chi connectivity index (χ1) is 20.0. The number of benzene rings is 1. The van der Waals surface area contributed by atoms with Crippen LogP contribution in [0.25, 0.3) is 11.3 Å². The van der Waals surface area contributed by atoms with E-state index >= 15 is 4.39 Å². The van der Waals surface area contributed by atoms with Crippen molar-refractivity contribution in [2.45, 2.75) is 65.5 Å². The first kappa shape index (κ1) is 29.6. The molecule has 2 atom stereocenters. The number of aromatic nitrogens is 3. The first-order valence-electron chi connectivity index (χ1n) is 14.4. The first-order valence-corrected chi connectivity index (χ1v) is 14.7. The fourth-order valence-electron chi connectivity index (χ4n) is 5.98. The number of pyridine rings is 1. The van der Waals surface area contributed by atoms with Crippen LogP contribution >= 0.6 is 11.6 Å². The number of anilines is 2. The number of amides is 1. The molecule has 1 amide bonds. The van der Waals surface area contributed by atoms with Crippen LogP contribution in [0.3, 0.4) is 0 Å². The average molecular weight is 590 g/mol. The number of rotatable bonds is 5. The highest BCUT2D eigenvalue weighted by Crippen LogP contribution is 2.42. The zero-order valence-corrected chi connectivity index (χ0v) is 25.7. The molecule has 8 nitrogen and oxygen atoms in total. The molecule has 1 saturated heterocycles. The highest BCUT2D eigenvalue weighted by atomic mass is 35.5. The Morgan fingerprint density at radius 1 is 1.10 bits per heavy atom. The van der Waals surface area contributed by atoms with E-state index < -0.39 is 5.82 Å². The van der Waals surface area contributed by atoms with E-state index in [2.05, 4.69) is 54.3 Å². The number of halogens is 2. The minimum absolute atomic E-state index is 0.0611. The van der Waals surface area contributed by atoms with Crippen molar-refractivity contribution in [3.63, 3.8) is 0 Å². The molecule has 42 heavy (non-hydrogen) atoms. The lowest BCUT2D eigenvalue weighted by Gasteiger charge is -2.46. The number of piperazine rings is 1. The van der Waals surface area contributed by atoms with Gasteiger partial charge in [0.1, 0.15) is 24.1 Å². The summed E-state index contributed by atoms with van der Waals surface area (Å²) in [6, 6.07) is 8.23. The molecule has 3 aromatic rings. The van der Waals surface area contributed by atoms with Gasteiger partial charge in [0.2, 0.25) is 5.91 Å². The Bertz CT molecular complexity index is 1520. The van der Waals surface area contributed by atoms with E-state index in [9.17, 15) is 4.79 Å². The van der Waals surface area contributed by atoms with Crippen LogP contribution in [-0.4, -0.2) is 68.6 Å². The maximum absolute atomic E-state index is 15.0. The van der Waals surface area contributed by atoms with Gasteiger partial charge in [0.15, 0.2) is 0 Å². The number of nitrogens with zero attached hydrogens (tertiary/aromatic N) is 7. The monoisotopic (exact) mass is 589 g/mol. The Hall–Kier alpha value is -3.85. The van der Waals surface area contributed by atoms with Crippen LogP contribution in [0.4, 0.5) is 15.9 Å². The minimum Gasteiger partial charge on any atom is -0.352 e. The summed E-state index contributed by atoms with van der Waals surface area (Å²) in [6.45, 7) is 17.6. The van der Waals surface area contributed by atoms with Gasteiger partial charge in [-0.05, 0) is 50.0 Å². The zero-order valence-electron chi connectivity index (χ0n) is 25.0. The molecule has 0 unspecified atom stereocenters. The highest BCUT2D eigenvalue weighted by molar-refractivity contribution is 6.33. The van der Waals surface area contributed by atoms with Gasteiger partial charge >= 0.3 is 0 Å². The number of hydrogen-bond acceptors (Lipinski definition) is 7. The summed E-state index contributed by atoms with van der Waals surface area (Å²) in [5, 5.41) is 9.17. The van der Waals surface area contributed by atoms with Crippen molar-refractivity contribution in [2.75, 3.05) is 24.7 Å². The summed E-state index contributed by atoms with van der Waals surface area (Å²) in [7, 11) is 0. The van der Waals surface area contributed by atoms with Gasteiger partial charge in [-0.2, -0.15) is 10.2 Å². The third-order valence-corrected chi connectivity index (χ3v) is 8.20. The molecule has 10 heteroatoms. The van der Waals surface area contributed by atoms with Crippen molar-refractivity contribution in [3.8, 4) is 11.3 Å². The molecule has 0 aliphatic carbocycles. The van der Waals surface area contributed by atoms with Gasteiger partial charge < -0.3 is 14.7 Å². The number of aliphatic imine (C=N–C) groups is 1. The third kappa shape index (κ3) is 5.26. The van der Waals surface area contributed by atoms with Crippen LogP contribution < -0.4 is 4.90 Å². The topological polar surface area (TPSA) is 77.8 Å². The number of amidine groups is 1. The van der Waals surface area contributed by atoms with Gasteiger partial charge in [-0.1, -0.05) is 58.0 Å². The molecule has 1 aromatic carbocycles. The predicted octanol–water partition coefficient (Wildman–Crippen LogP) is 6.54. The molecule has 1 fully saturated rings. The van der Waals surface area contributed by atoms with E-state index in [1.54, 1.807) is 24.4 Å². The van der Waals surface area contributed by atoms with E-state index in [0.717, 1.165) is 28.3 Å². The molecule has 220 valence electrons. The Morgan fingerprint density at radius 2 is 1.79 bits per heavy atom. The summed E-state index contributed by atoms with van der Waals surface area (Å²) in [4.78, 5) is 28.8. The maximum atomic E-state index is 15.0. The predicted molar refractivity (Wildman–Crippen MR) is 166 cm³/mol. The van der Waals surface area contributed by atoms with E-state index in [0.29, 0.717) is 35.2 Å². The number of hydrogen-bond donors (Lipinski definition) is 0. The summed E-state index contributed by atoms with van der Waals surface area (Å²) in [6.07, 6.45) is 3.17. The van der Waals surface area contributed by atoms with Crippen LogP contribution in [0, 0.1) is 5.82 Å². The molecule has 0 spiro atoms. The molecule has 2 aliphatic heterocycles. The van der Waals surface area contributed by atoms with Crippen molar-refractivity contribution in [1.29, 1.82) is 0 Å². The van der Waals surface area contributed by atoms with Gasteiger partial charge in [-0.25, -0.2) is 14.4 Å². The van der Waals surface area contributed by atoms with Crippen molar-refractivity contribution in [1.82, 2.24) is 25.0 Å². The lowest BCUT2D eigenvalue weighted by atomic mass is 9.97. The fraction of sp³-hybridized carbons (Fsp3) is 0.406. The van der Waals surface area contributed by atoms with Crippen LogP contribution in [0.5, 0.6) is 0 Å². The lowest BCUT2D eigenvalue weighted by molar-refractivity contribution is -0.132. The molecule has 5 rings (SSSR count). The maximum Gasteiger partial charge on any atom is 0.246 e. The second-order valence-corrected chi connectivity index (χ2v) is 12.0. The molecular weight excluding hydrogens is 553 g/mol. The highest BCUT2D eigenvalue weighted by Gasteiger charge is 2.37. The number of carbonyl (C=O) groups is 1. The minimum atomic E-state index is -0.398. The van der Waals surface area contributed by atoms with Gasteiger partial charge in [0, 0.05) is 36.3 Å². The summed E-state index contributed by atoms with van der Waals surface area (Å²) in [5.41, 5.74) is 4.22. The quantitative estimate of drug-likeness (QED) is 0.314. The molecule has 2 aliphatic rings. The van der Waals surface area contributed by atoms with E-state index in [1.807, 2.05) is 24.8 Å². The molecular formula is C32H37ClFN7O. The average Bonchev–Trinajstić information content (AvgIpc) is 2.95. The fourth-order valence-corrected chi connectivity index (χ4v) is 6.23. The van der Waals surface area contributed by atoms with Gasteiger partial charge in [-0.3, -0.25) is 4.79 Å². The lowest BCUT2D eigenvalue weighted by Crippen LogP contribution is -2.60. The molecule has 0 saturated carbocycles. The van der Waals surface area contributed by atoms with Crippen LogP contribution in [0.2, 0.25) is 5.02 Å². The Labute approximate surface area is 251 Å². The summed E-state index contributed by atoms with van der Waals surface area (Å²) in [5.74, 6) is 1.15. The van der Waals surface area contributed by atoms with Crippen LogP contribution in [0.15, 0.2) is 54.2 Å². The third-order valence-electron chi connectivity index (χ3n) is 7.91. The van der Waals surface area contributed by atoms with Crippen molar-refractivity contribution < 1.29 is 9.18 Å². The van der Waals surface area contributed by atoms with Crippen molar-refractivity contribution in [3.05, 3.63) is 76.8 Å². The Kier molecular flexibility index (Phi) is 8.32. The zero-order chi connectivity index (χ0) is 30.3. The largest absolute Gasteiger partial charge is 0.352 e. The summed E-state index contributed by atoms with van der Waals surface area (Å²) < 4.78 is 15.0. The second-order valence-electron chi connectivity index (χ2n) is 11.6. The van der Waals surface area contributed by atoms with Gasteiger partial charge in [0.25, 0.3) is 0 Å². The van der Waals surface area contributed by atoms with Gasteiger partial charge in [-0.15, -0.1) is 0 Å². The van der Waals surface area contributed by atoms with Crippen molar-refractivity contribution >= 4 is 34.8 Å².